The number of carbonyl (C=O) groups is 3. The van der Waals surface area contributed by atoms with Crippen LogP contribution in [0.3, 0.4) is 0 Å². The number of sulfonamides is 1. The van der Waals surface area contributed by atoms with Gasteiger partial charge in [-0.15, -0.1) is 22.9 Å². The van der Waals surface area contributed by atoms with Crippen molar-refractivity contribution in [3.05, 3.63) is 117 Å². The van der Waals surface area contributed by atoms with Crippen LogP contribution < -0.4 is 24.8 Å². The Bertz CT molecular complexity index is 2910. The van der Waals surface area contributed by atoms with Crippen LogP contribution in [0.5, 0.6) is 11.5 Å². The molecule has 6 rings (SSSR count). The molecule has 76 heavy (non-hydrogen) atoms. The highest BCUT2D eigenvalue weighted by Crippen LogP contribution is 2.39. The second-order valence-corrected chi connectivity index (χ2v) is 23.4. The number of aliphatic hydroxyl groups excluding tert-OH is 1. The van der Waals surface area contributed by atoms with Crippen molar-refractivity contribution in [1.82, 2.24) is 30.5 Å². The monoisotopic (exact) mass is 1120 g/mol. The van der Waals surface area contributed by atoms with Crippen molar-refractivity contribution >= 4 is 68.2 Å². The van der Waals surface area contributed by atoms with Crippen LogP contribution in [-0.2, 0) is 52.4 Å². The first-order valence-corrected chi connectivity index (χ1v) is 28.3. The molecule has 4 N–H and O–H groups in total. The Labute approximate surface area is 458 Å². The lowest BCUT2D eigenvalue weighted by atomic mass is 9.77. The van der Waals surface area contributed by atoms with Crippen LogP contribution in [0.25, 0.3) is 10.4 Å². The molecular formula is C54H66Cl2N8O10S2. The zero-order valence-corrected chi connectivity index (χ0v) is 46.7. The summed E-state index contributed by atoms with van der Waals surface area (Å²) in [5, 5.41) is 26.3. The highest BCUT2D eigenvalue weighted by atomic mass is 35.5. The second-order valence-electron chi connectivity index (χ2n) is 19.9. The molecule has 22 heteroatoms. The number of nitrogens with one attached hydrogen (secondary N) is 3. The third-order valence-corrected chi connectivity index (χ3v) is 15.3. The summed E-state index contributed by atoms with van der Waals surface area (Å²) in [5.74, 6) is -0.635. The van der Waals surface area contributed by atoms with E-state index < -0.39 is 50.9 Å². The maximum Gasteiger partial charge on any atom is 0.246 e. The van der Waals surface area contributed by atoms with E-state index in [1.807, 2.05) is 90.1 Å². The lowest BCUT2D eigenvalue weighted by Crippen LogP contribution is -2.58. The van der Waals surface area contributed by atoms with E-state index in [4.69, 9.17) is 42.1 Å². The van der Waals surface area contributed by atoms with Crippen LogP contribution >= 0.6 is 34.5 Å². The Morgan fingerprint density at radius 1 is 0.934 bits per heavy atom. The molecule has 1 fully saturated rings. The number of aromatic nitrogens is 3. The third-order valence-electron chi connectivity index (χ3n) is 12.7. The van der Waals surface area contributed by atoms with E-state index in [0.29, 0.717) is 53.6 Å². The number of ether oxygens (including phenoxy) is 4. The summed E-state index contributed by atoms with van der Waals surface area (Å²) in [7, 11) is -3.84. The fourth-order valence-corrected chi connectivity index (χ4v) is 10.3. The first-order valence-electron chi connectivity index (χ1n) is 24.9. The topological polar surface area (TPSA) is 244 Å². The molecule has 1 aliphatic heterocycles. The number of nitriles is 1. The highest BCUT2D eigenvalue weighted by molar-refractivity contribution is 7.92. The van der Waals surface area contributed by atoms with Crippen molar-refractivity contribution < 1.29 is 46.9 Å². The van der Waals surface area contributed by atoms with Crippen molar-refractivity contribution in [1.29, 1.82) is 5.26 Å². The number of amides is 3. The number of alkyl halides is 1. The van der Waals surface area contributed by atoms with Crippen LogP contribution in [0.2, 0.25) is 5.02 Å². The third kappa shape index (κ3) is 16.8. The molecule has 0 bridgehead atoms. The molecule has 3 amide bonds. The standard InChI is InChI=1S/C54H66Cl2N8O10S2/c1-35-48(75-34-60-35)37-12-10-36(11-13-37)30-59-50(67)45-28-42(65)31-64(45)51(68)49(53(2,3)4)62-46(66)33-72-22-9-7-8-21-71-24-25-76(69,70)63-52-58-20-18-41(61-52)32-74-43-16-14-39(15-17-43)54(5,6)40-26-38(29-57)47(44(56)27-40)73-23-19-55/h10-18,20,26-27,34,42,45,49,65H,7-9,19,21-25,28,30-33H2,1-6H3,(H,59,67)(H,62,66)(H,58,61,63)/t42-,45?,49+/m0/s1. The van der Waals surface area contributed by atoms with Gasteiger partial charge in [0.25, 0.3) is 0 Å². The predicted molar refractivity (Wildman–Crippen MR) is 292 cm³/mol. The molecule has 5 aromatic rings. The summed E-state index contributed by atoms with van der Waals surface area (Å²) in [4.78, 5) is 55.6. The molecule has 1 saturated heterocycles. The summed E-state index contributed by atoms with van der Waals surface area (Å²) in [6, 6.07) is 20.7. The number of halogens is 2. The first-order chi connectivity index (χ1) is 36.2. The summed E-state index contributed by atoms with van der Waals surface area (Å²) >= 11 is 13.8. The number of likely N-dealkylation sites (tertiary alicyclic amines) is 1. The SMILES string of the molecule is Cc1ncsc1-c1ccc(CNC(=O)C2C[C@H](O)CN2C(=O)[C@@H](NC(=O)COCCCCCOCCS(=O)(=O)Nc2nccc(COc3ccc(C(C)(C)c4cc(Cl)c(OCCCl)c(C#N)c4)cc3)n2)C(C)(C)C)cc1. The number of hydrogen-bond acceptors (Lipinski definition) is 15. The van der Waals surface area contributed by atoms with Crippen LogP contribution in [-0.4, -0.2) is 120 Å². The van der Waals surface area contributed by atoms with Crippen LogP contribution in [0.15, 0.2) is 78.4 Å². The Morgan fingerprint density at radius 3 is 2.33 bits per heavy atom. The number of nitrogens with zero attached hydrogens (tertiary/aromatic N) is 5. The minimum absolute atomic E-state index is 0.0369. The van der Waals surface area contributed by atoms with Gasteiger partial charge >= 0.3 is 0 Å². The van der Waals surface area contributed by atoms with Crippen LogP contribution in [0.1, 0.15) is 93.9 Å². The molecule has 0 radical (unpaired) electrons. The summed E-state index contributed by atoms with van der Waals surface area (Å²) in [5.41, 5.74) is 5.96. The largest absolute Gasteiger partial charge is 0.489 e. The second kappa shape index (κ2) is 27.4. The van der Waals surface area contributed by atoms with Gasteiger partial charge in [-0.3, -0.25) is 19.1 Å². The molecule has 0 saturated carbocycles. The van der Waals surface area contributed by atoms with Crippen LogP contribution in [0, 0.1) is 23.7 Å². The first kappa shape index (κ1) is 59.3. The number of benzene rings is 3. The summed E-state index contributed by atoms with van der Waals surface area (Å²) in [6.45, 7) is 12.2. The van der Waals surface area contributed by atoms with Crippen molar-refractivity contribution in [2.45, 2.75) is 104 Å². The molecule has 1 unspecified atom stereocenters. The molecule has 0 aliphatic carbocycles. The number of aliphatic hydroxyl groups is 1. The van der Waals surface area contributed by atoms with Gasteiger partial charge in [-0.05, 0) is 84.2 Å². The number of rotatable bonds is 27. The minimum Gasteiger partial charge on any atom is -0.489 e. The minimum atomic E-state index is -3.84. The fourth-order valence-electron chi connectivity index (χ4n) is 8.34. The average molecular weight is 1120 g/mol. The molecule has 3 atom stereocenters. The van der Waals surface area contributed by atoms with Gasteiger partial charge in [0.05, 0.1) is 56.7 Å². The number of unbranched alkanes of at least 4 members (excludes halogenated alkanes) is 2. The highest BCUT2D eigenvalue weighted by Gasteiger charge is 2.44. The van der Waals surface area contributed by atoms with Gasteiger partial charge in [-0.1, -0.05) is 82.6 Å². The van der Waals surface area contributed by atoms with E-state index in [1.54, 1.807) is 35.0 Å². The number of carbonyl (C=O) groups excluding carboxylic acids is 3. The number of anilines is 1. The molecule has 0 spiro atoms. The number of hydrogen-bond donors (Lipinski definition) is 4. The molecule has 3 aromatic carbocycles. The number of β-amino-alcohol motifs (C(OH)–C–C–N with tert-alkyl or cyclic N) is 1. The van der Waals surface area contributed by atoms with E-state index in [0.717, 1.165) is 32.8 Å². The predicted octanol–water partition coefficient (Wildman–Crippen LogP) is 7.71. The van der Waals surface area contributed by atoms with Gasteiger partial charge in [-0.25, -0.2) is 23.4 Å². The average Bonchev–Trinajstić information content (AvgIpc) is 4.01. The van der Waals surface area contributed by atoms with Gasteiger partial charge in [0.2, 0.25) is 33.7 Å². The van der Waals surface area contributed by atoms with Gasteiger partial charge in [0.1, 0.15) is 43.7 Å². The van der Waals surface area contributed by atoms with Gasteiger partial charge in [0.15, 0.2) is 5.75 Å². The van der Waals surface area contributed by atoms with Gasteiger partial charge in [0, 0.05) is 44.3 Å². The Balaban J connectivity index is 0.853. The molecule has 408 valence electrons. The zero-order chi connectivity index (χ0) is 55.0. The van der Waals surface area contributed by atoms with E-state index in [1.165, 1.54) is 11.1 Å². The zero-order valence-electron chi connectivity index (χ0n) is 43.6. The number of thiazole rings is 1. The molecule has 2 aromatic heterocycles. The quantitative estimate of drug-likeness (QED) is 0.0291. The van der Waals surface area contributed by atoms with Gasteiger partial charge in [-0.2, -0.15) is 5.26 Å². The Hall–Kier alpha value is -5.92. The van der Waals surface area contributed by atoms with E-state index in [-0.39, 0.29) is 76.0 Å². The Kier molecular flexibility index (Phi) is 21.4. The normalized spacial score (nSPS) is 15.2. The molecular weight excluding hydrogens is 1060 g/mol. The summed E-state index contributed by atoms with van der Waals surface area (Å²) in [6.07, 6.45) is 2.55. The summed E-state index contributed by atoms with van der Waals surface area (Å²) < 4.78 is 50.8. The smallest absolute Gasteiger partial charge is 0.246 e. The molecule has 1 aliphatic rings. The lowest BCUT2D eigenvalue weighted by molar-refractivity contribution is -0.144. The Morgan fingerprint density at radius 2 is 1.66 bits per heavy atom. The molecule has 18 nitrogen and oxygen atoms in total. The maximum absolute atomic E-state index is 14.0. The maximum atomic E-state index is 14.0. The van der Waals surface area contributed by atoms with Crippen molar-refractivity contribution in [3.8, 4) is 28.0 Å². The van der Waals surface area contributed by atoms with Crippen molar-refractivity contribution in [3.63, 3.8) is 0 Å². The van der Waals surface area contributed by atoms with Crippen molar-refractivity contribution in [2.24, 2.45) is 5.41 Å². The number of aryl methyl sites for hydroxylation is 1. The van der Waals surface area contributed by atoms with Crippen molar-refractivity contribution in [2.75, 3.05) is 55.9 Å². The lowest BCUT2D eigenvalue weighted by Gasteiger charge is -2.35. The molecule has 3 heterocycles. The van der Waals surface area contributed by atoms with Crippen LogP contribution in [0.4, 0.5) is 5.95 Å². The fraction of sp³-hybridized carbons (Fsp3) is 0.463. The van der Waals surface area contributed by atoms with Gasteiger partial charge < -0.3 is 39.6 Å². The van der Waals surface area contributed by atoms with E-state index in [9.17, 15) is 33.2 Å². The van der Waals surface area contributed by atoms with E-state index >= 15 is 0 Å². The van der Waals surface area contributed by atoms with E-state index in [2.05, 4.69) is 36.4 Å².